The van der Waals surface area contributed by atoms with Gasteiger partial charge in [-0.25, -0.2) is 0 Å². The molecule has 16 heavy (non-hydrogen) atoms. The molecule has 1 unspecified atom stereocenters. The second-order valence-corrected chi connectivity index (χ2v) is 4.25. The predicted octanol–water partition coefficient (Wildman–Crippen LogP) is 2.00. The molecule has 0 amide bonds. The van der Waals surface area contributed by atoms with Crippen LogP contribution >= 0.6 is 0 Å². The molecule has 0 saturated carbocycles. The fourth-order valence-corrected chi connectivity index (χ4v) is 2.10. The molecule has 0 bridgehead atoms. The van der Waals surface area contributed by atoms with E-state index in [-0.39, 0.29) is 0 Å². The van der Waals surface area contributed by atoms with Gasteiger partial charge in [0.25, 0.3) is 0 Å². The Labute approximate surface area is 99.8 Å². The lowest BCUT2D eigenvalue weighted by atomic mass is 10.1. The van der Waals surface area contributed by atoms with Gasteiger partial charge >= 0.3 is 0 Å². The van der Waals surface area contributed by atoms with Gasteiger partial charge in [-0.3, -0.25) is 0 Å². The van der Waals surface area contributed by atoms with Crippen molar-refractivity contribution in [1.29, 1.82) is 0 Å². The average molecular weight is 226 g/mol. The molecule has 3 nitrogen and oxygen atoms in total. The SMILES string of the molecule is CCN(CC)CCC(NC)C1=CCCCO1. The van der Waals surface area contributed by atoms with Gasteiger partial charge in [-0.1, -0.05) is 13.8 Å². The zero-order chi connectivity index (χ0) is 11.8. The van der Waals surface area contributed by atoms with Crippen LogP contribution in [0.1, 0.15) is 33.1 Å². The first-order valence-electron chi connectivity index (χ1n) is 6.54. The first kappa shape index (κ1) is 13.5. The summed E-state index contributed by atoms with van der Waals surface area (Å²) < 4.78 is 5.71. The van der Waals surface area contributed by atoms with E-state index in [0.29, 0.717) is 6.04 Å². The van der Waals surface area contributed by atoms with E-state index in [1.807, 2.05) is 7.05 Å². The van der Waals surface area contributed by atoms with Gasteiger partial charge in [0, 0.05) is 6.54 Å². The molecule has 0 fully saturated rings. The molecular formula is C13H26N2O. The zero-order valence-electron chi connectivity index (χ0n) is 11.0. The van der Waals surface area contributed by atoms with Crippen molar-refractivity contribution in [2.75, 3.05) is 33.3 Å². The highest BCUT2D eigenvalue weighted by Gasteiger charge is 2.16. The maximum Gasteiger partial charge on any atom is 0.109 e. The van der Waals surface area contributed by atoms with Crippen molar-refractivity contribution in [1.82, 2.24) is 10.2 Å². The first-order chi connectivity index (χ1) is 7.81. The largest absolute Gasteiger partial charge is 0.497 e. The van der Waals surface area contributed by atoms with Crippen LogP contribution < -0.4 is 5.32 Å². The van der Waals surface area contributed by atoms with E-state index in [1.165, 1.54) is 6.42 Å². The summed E-state index contributed by atoms with van der Waals surface area (Å²) in [7, 11) is 2.02. The lowest BCUT2D eigenvalue weighted by Crippen LogP contribution is -2.35. The number of nitrogens with one attached hydrogen (secondary N) is 1. The molecule has 1 rings (SSSR count). The molecule has 0 aromatic rings. The van der Waals surface area contributed by atoms with Gasteiger partial charge < -0.3 is 15.0 Å². The highest BCUT2D eigenvalue weighted by molar-refractivity contribution is 5.05. The summed E-state index contributed by atoms with van der Waals surface area (Å²) in [6.45, 7) is 8.72. The number of likely N-dealkylation sites (N-methyl/N-ethyl adjacent to an activating group) is 1. The van der Waals surface area contributed by atoms with Crippen molar-refractivity contribution in [2.45, 2.75) is 39.2 Å². The van der Waals surface area contributed by atoms with E-state index < -0.39 is 0 Å². The summed E-state index contributed by atoms with van der Waals surface area (Å²) >= 11 is 0. The summed E-state index contributed by atoms with van der Waals surface area (Å²) in [5.74, 6) is 1.15. The van der Waals surface area contributed by atoms with Crippen molar-refractivity contribution in [2.24, 2.45) is 0 Å². The summed E-state index contributed by atoms with van der Waals surface area (Å²) in [6, 6.07) is 0.390. The van der Waals surface area contributed by atoms with E-state index in [0.717, 1.165) is 44.8 Å². The highest BCUT2D eigenvalue weighted by Crippen LogP contribution is 2.15. The quantitative estimate of drug-likeness (QED) is 0.718. The molecule has 94 valence electrons. The Morgan fingerprint density at radius 3 is 2.69 bits per heavy atom. The van der Waals surface area contributed by atoms with Gasteiger partial charge in [0.15, 0.2) is 0 Å². The second kappa shape index (κ2) is 7.69. The van der Waals surface area contributed by atoms with E-state index in [2.05, 4.69) is 30.1 Å². The molecule has 0 aromatic heterocycles. The summed E-state index contributed by atoms with van der Waals surface area (Å²) in [5, 5.41) is 3.36. The van der Waals surface area contributed by atoms with Crippen LogP contribution in [-0.2, 0) is 4.74 Å². The van der Waals surface area contributed by atoms with Crippen LogP contribution in [0.5, 0.6) is 0 Å². The van der Waals surface area contributed by atoms with E-state index in [9.17, 15) is 0 Å². The number of ether oxygens (including phenoxy) is 1. The van der Waals surface area contributed by atoms with Crippen LogP contribution in [0.2, 0.25) is 0 Å². The third-order valence-corrected chi connectivity index (χ3v) is 3.28. The molecule has 0 saturated heterocycles. The Balaban J connectivity index is 2.38. The molecule has 3 heteroatoms. The first-order valence-corrected chi connectivity index (χ1v) is 6.54. The molecular weight excluding hydrogens is 200 g/mol. The molecule has 0 aromatic carbocycles. The van der Waals surface area contributed by atoms with Crippen LogP contribution in [0.4, 0.5) is 0 Å². The maximum absolute atomic E-state index is 5.71. The third-order valence-electron chi connectivity index (χ3n) is 3.28. The fraction of sp³-hybridized carbons (Fsp3) is 0.846. The molecule has 0 spiro atoms. The third kappa shape index (κ3) is 4.14. The van der Waals surface area contributed by atoms with Crippen LogP contribution in [0.25, 0.3) is 0 Å². The van der Waals surface area contributed by atoms with Gasteiger partial charge in [-0.05, 0) is 45.5 Å². The minimum Gasteiger partial charge on any atom is -0.497 e. The maximum atomic E-state index is 5.71. The van der Waals surface area contributed by atoms with Crippen LogP contribution in [0, 0.1) is 0 Å². The Hall–Kier alpha value is -0.540. The number of nitrogens with zero attached hydrogens (tertiary/aromatic N) is 1. The Kier molecular flexibility index (Phi) is 6.50. The summed E-state index contributed by atoms with van der Waals surface area (Å²) in [6.07, 6.45) is 5.70. The van der Waals surface area contributed by atoms with Gasteiger partial charge in [0.05, 0.1) is 12.6 Å². The topological polar surface area (TPSA) is 24.5 Å². The van der Waals surface area contributed by atoms with Crippen molar-refractivity contribution < 1.29 is 4.74 Å². The molecule has 1 aliphatic heterocycles. The number of hydrogen-bond acceptors (Lipinski definition) is 3. The molecule has 1 N–H and O–H groups in total. The predicted molar refractivity (Wildman–Crippen MR) is 68.5 cm³/mol. The smallest absolute Gasteiger partial charge is 0.109 e. The van der Waals surface area contributed by atoms with Crippen LogP contribution in [0.15, 0.2) is 11.8 Å². The van der Waals surface area contributed by atoms with E-state index >= 15 is 0 Å². The number of allylic oxidation sites excluding steroid dienone is 1. The van der Waals surface area contributed by atoms with Gasteiger partial charge in [0.2, 0.25) is 0 Å². The summed E-state index contributed by atoms with van der Waals surface area (Å²) in [5.41, 5.74) is 0. The molecule has 1 heterocycles. The zero-order valence-corrected chi connectivity index (χ0v) is 11.0. The highest BCUT2D eigenvalue weighted by atomic mass is 16.5. The normalized spacial score (nSPS) is 18.1. The minimum absolute atomic E-state index is 0.390. The average Bonchev–Trinajstić information content (AvgIpc) is 2.36. The monoisotopic (exact) mass is 226 g/mol. The van der Waals surface area contributed by atoms with E-state index in [4.69, 9.17) is 4.74 Å². The van der Waals surface area contributed by atoms with Crippen molar-refractivity contribution >= 4 is 0 Å². The second-order valence-electron chi connectivity index (χ2n) is 4.25. The number of hydrogen-bond donors (Lipinski definition) is 1. The van der Waals surface area contributed by atoms with Gasteiger partial charge in [0.1, 0.15) is 5.76 Å². The van der Waals surface area contributed by atoms with Crippen molar-refractivity contribution in [3.05, 3.63) is 11.8 Å². The van der Waals surface area contributed by atoms with E-state index in [1.54, 1.807) is 0 Å². The fourth-order valence-electron chi connectivity index (χ4n) is 2.10. The molecule has 1 atom stereocenters. The molecule has 0 radical (unpaired) electrons. The Bertz CT molecular complexity index is 212. The lowest BCUT2D eigenvalue weighted by Gasteiger charge is -2.26. The Morgan fingerprint density at radius 1 is 1.44 bits per heavy atom. The molecule has 1 aliphatic rings. The van der Waals surface area contributed by atoms with Crippen LogP contribution in [-0.4, -0.2) is 44.2 Å². The standard InChI is InChI=1S/C13H26N2O/c1-4-15(5-2)10-9-12(14-3)13-8-6-7-11-16-13/h8,12,14H,4-7,9-11H2,1-3H3. The van der Waals surface area contributed by atoms with Gasteiger partial charge in [-0.15, -0.1) is 0 Å². The van der Waals surface area contributed by atoms with Crippen molar-refractivity contribution in [3.63, 3.8) is 0 Å². The summed E-state index contributed by atoms with van der Waals surface area (Å²) in [4.78, 5) is 2.45. The lowest BCUT2D eigenvalue weighted by molar-refractivity contribution is 0.161. The molecule has 0 aliphatic carbocycles. The van der Waals surface area contributed by atoms with Gasteiger partial charge in [-0.2, -0.15) is 0 Å². The Morgan fingerprint density at radius 2 is 2.19 bits per heavy atom. The number of rotatable bonds is 7. The van der Waals surface area contributed by atoms with Crippen molar-refractivity contribution in [3.8, 4) is 0 Å². The minimum atomic E-state index is 0.390. The van der Waals surface area contributed by atoms with Crippen LogP contribution in [0.3, 0.4) is 0 Å².